The van der Waals surface area contributed by atoms with Crippen molar-refractivity contribution in [1.29, 1.82) is 0 Å². The molecule has 4 aromatic carbocycles. The quantitative estimate of drug-likeness (QED) is 0.127. The first-order valence-corrected chi connectivity index (χ1v) is 18.5. The lowest BCUT2D eigenvalue weighted by molar-refractivity contribution is -0.268. The van der Waals surface area contributed by atoms with E-state index in [1.165, 1.54) is 12.1 Å². The molecule has 0 aliphatic carbocycles. The molecule has 0 bridgehead atoms. The maximum atomic E-state index is 13.6. The van der Waals surface area contributed by atoms with Gasteiger partial charge in [-0.25, -0.2) is 8.42 Å². The molecule has 254 valence electrons. The molecule has 1 heterocycles. The Labute approximate surface area is 286 Å². The van der Waals surface area contributed by atoms with E-state index >= 15 is 0 Å². The van der Waals surface area contributed by atoms with Crippen LogP contribution in [0.1, 0.15) is 47.1 Å². The molecular formula is C37H42N2O7S2. The maximum Gasteiger partial charge on any atom is 0.242 e. The summed E-state index contributed by atoms with van der Waals surface area (Å²) in [6.45, 7) is 4.01. The molecule has 0 saturated carbocycles. The van der Waals surface area contributed by atoms with Gasteiger partial charge in [0.1, 0.15) is 6.04 Å². The Morgan fingerprint density at radius 1 is 0.854 bits per heavy atom. The Morgan fingerprint density at radius 3 is 2.17 bits per heavy atom. The average Bonchev–Trinajstić information content (AvgIpc) is 3.10. The van der Waals surface area contributed by atoms with Gasteiger partial charge in [-0.2, -0.15) is 16.5 Å². The van der Waals surface area contributed by atoms with Gasteiger partial charge in [-0.15, -0.1) is 0 Å². The van der Waals surface area contributed by atoms with Crippen molar-refractivity contribution in [3.8, 4) is 0 Å². The molecule has 9 nitrogen and oxygen atoms in total. The van der Waals surface area contributed by atoms with Crippen molar-refractivity contribution >= 4 is 33.4 Å². The molecule has 48 heavy (non-hydrogen) atoms. The van der Waals surface area contributed by atoms with Crippen LogP contribution in [0.3, 0.4) is 0 Å². The van der Waals surface area contributed by atoms with E-state index in [2.05, 4.69) is 17.0 Å². The lowest BCUT2D eigenvalue weighted by Crippen LogP contribution is -2.45. The van der Waals surface area contributed by atoms with Crippen LogP contribution in [-0.4, -0.2) is 54.8 Å². The number of aryl methyl sites for hydroxylation is 1. The molecule has 0 unspecified atom stereocenters. The number of rotatable bonds is 14. The van der Waals surface area contributed by atoms with Crippen molar-refractivity contribution in [2.75, 3.05) is 23.4 Å². The van der Waals surface area contributed by atoms with Crippen LogP contribution in [0.4, 0.5) is 5.69 Å². The molecule has 0 radical (unpaired) electrons. The van der Waals surface area contributed by atoms with E-state index in [0.29, 0.717) is 17.2 Å². The van der Waals surface area contributed by atoms with Crippen molar-refractivity contribution in [3.63, 3.8) is 0 Å². The van der Waals surface area contributed by atoms with Crippen LogP contribution >= 0.6 is 11.8 Å². The van der Waals surface area contributed by atoms with Crippen LogP contribution in [0.2, 0.25) is 0 Å². The number of ether oxygens (including phenoxy) is 2. The van der Waals surface area contributed by atoms with Gasteiger partial charge in [0.2, 0.25) is 15.9 Å². The van der Waals surface area contributed by atoms with Gasteiger partial charge in [-0.1, -0.05) is 91.3 Å². The summed E-state index contributed by atoms with van der Waals surface area (Å²) in [5.74, 6) is 0.821. The molecule has 11 heteroatoms. The molecule has 1 amide bonds. The Kier molecular flexibility index (Phi) is 12.4. The van der Waals surface area contributed by atoms with Crippen molar-refractivity contribution in [2.24, 2.45) is 5.92 Å². The number of hydrogen-bond donors (Lipinski definition) is 4. The highest BCUT2D eigenvalue weighted by Crippen LogP contribution is 2.42. The van der Waals surface area contributed by atoms with Crippen molar-refractivity contribution in [1.82, 2.24) is 4.72 Å². The summed E-state index contributed by atoms with van der Waals surface area (Å²) in [7, 11) is -3.98. The van der Waals surface area contributed by atoms with E-state index < -0.39 is 28.3 Å². The monoisotopic (exact) mass is 690 g/mol. The van der Waals surface area contributed by atoms with Crippen LogP contribution in [-0.2, 0) is 37.3 Å². The Balaban J connectivity index is 1.33. The third kappa shape index (κ3) is 9.32. The minimum absolute atomic E-state index is 0.0243. The lowest BCUT2D eigenvalue weighted by Gasteiger charge is -2.41. The second kappa shape index (κ2) is 16.7. The summed E-state index contributed by atoms with van der Waals surface area (Å²) in [6.07, 6.45) is -0.938. The van der Waals surface area contributed by atoms with Gasteiger partial charge in [-0.05, 0) is 54.3 Å². The number of aliphatic hydroxyl groups excluding tert-OH is 2. The van der Waals surface area contributed by atoms with Gasteiger partial charge in [0.15, 0.2) is 6.29 Å². The van der Waals surface area contributed by atoms with Gasteiger partial charge in [0, 0.05) is 28.7 Å². The zero-order valence-corrected chi connectivity index (χ0v) is 28.6. The largest absolute Gasteiger partial charge is 0.396 e. The number of benzene rings is 4. The number of nitrogens with one attached hydrogen (secondary N) is 2. The highest BCUT2D eigenvalue weighted by molar-refractivity contribution is 7.99. The van der Waals surface area contributed by atoms with Crippen LogP contribution in [0.5, 0.6) is 0 Å². The zero-order chi connectivity index (χ0) is 34.1. The maximum absolute atomic E-state index is 13.6. The van der Waals surface area contributed by atoms with Crippen molar-refractivity contribution < 1.29 is 32.9 Å². The molecule has 1 aliphatic rings. The number of hydrogen-bond acceptors (Lipinski definition) is 8. The van der Waals surface area contributed by atoms with E-state index in [1.54, 1.807) is 36.0 Å². The molecule has 4 N–H and O–H groups in total. The molecule has 4 aromatic rings. The summed E-state index contributed by atoms with van der Waals surface area (Å²) in [5.41, 5.74) is 4.79. The molecule has 0 spiro atoms. The number of anilines is 1. The third-order valence-corrected chi connectivity index (χ3v) is 10.8. The number of carbonyl (C=O) groups is 1. The SMILES string of the molecule is Cc1ccc(S(=O)(=O)N[C@H](Cc2ccccc2)C(=O)Nc2ccc([C@@H]3O[C@H](CSCCO)[C@H](C)[C@H](c4ccc(CO)cc4)O3)cc2)cc1. The van der Waals surface area contributed by atoms with Crippen molar-refractivity contribution in [2.45, 2.75) is 56.3 Å². The van der Waals surface area contributed by atoms with Gasteiger partial charge in [-0.3, -0.25) is 4.79 Å². The van der Waals surface area contributed by atoms with Gasteiger partial charge in [0.05, 0.1) is 30.3 Å². The molecule has 1 aliphatic heterocycles. The first kappa shape index (κ1) is 35.7. The second-order valence-electron chi connectivity index (χ2n) is 11.9. The summed E-state index contributed by atoms with van der Waals surface area (Å²) in [4.78, 5) is 13.7. The molecule has 5 rings (SSSR count). The minimum atomic E-state index is -3.98. The van der Waals surface area contributed by atoms with Crippen LogP contribution in [0.25, 0.3) is 0 Å². The highest BCUT2D eigenvalue weighted by atomic mass is 32.2. The fourth-order valence-electron chi connectivity index (χ4n) is 5.54. The third-order valence-electron chi connectivity index (χ3n) is 8.32. The standard InChI is InChI=1S/C37H42N2O7S2/c1-25-8-18-32(19-9-25)48(43,44)39-33(22-27-6-4-3-5-7-27)36(42)38-31-16-14-30(15-17-31)37-45-34(24-47-21-20-40)26(2)35(46-37)29-12-10-28(23-41)11-13-29/h3-19,26,33-35,37,39-41H,20-24H2,1-2H3,(H,38,42)/t26-,33+,34+,35+,37+/m0/s1. The van der Waals surface area contributed by atoms with E-state index in [0.717, 1.165) is 27.8 Å². The first-order valence-electron chi connectivity index (χ1n) is 15.9. The van der Waals surface area contributed by atoms with Crippen molar-refractivity contribution in [3.05, 3.63) is 131 Å². The van der Waals surface area contributed by atoms with E-state index in [4.69, 9.17) is 9.47 Å². The predicted molar refractivity (Wildman–Crippen MR) is 188 cm³/mol. The normalized spacial score (nSPS) is 20.2. The average molecular weight is 691 g/mol. The van der Waals surface area contributed by atoms with Gasteiger partial charge < -0.3 is 25.0 Å². The zero-order valence-electron chi connectivity index (χ0n) is 27.0. The summed E-state index contributed by atoms with van der Waals surface area (Å²) < 4.78 is 42.1. The molecule has 1 saturated heterocycles. The Morgan fingerprint density at radius 2 is 1.52 bits per heavy atom. The topological polar surface area (TPSA) is 134 Å². The Hall–Kier alpha value is -3.55. The second-order valence-corrected chi connectivity index (χ2v) is 14.8. The van der Waals surface area contributed by atoms with E-state index in [-0.39, 0.29) is 42.7 Å². The summed E-state index contributed by atoms with van der Waals surface area (Å²) in [6, 6.07) is 29.5. The first-order chi connectivity index (χ1) is 23.2. The number of sulfonamides is 1. The number of thioether (sulfide) groups is 1. The predicted octanol–water partition coefficient (Wildman–Crippen LogP) is 5.53. The molecule has 1 fully saturated rings. The Bertz CT molecular complexity index is 1720. The fourth-order valence-corrected chi connectivity index (χ4v) is 7.64. The smallest absolute Gasteiger partial charge is 0.242 e. The summed E-state index contributed by atoms with van der Waals surface area (Å²) in [5, 5.41) is 21.7. The fraction of sp³-hybridized carbons (Fsp3) is 0.324. The number of amides is 1. The minimum Gasteiger partial charge on any atom is -0.396 e. The van der Waals surface area contributed by atoms with E-state index in [1.807, 2.05) is 73.7 Å². The number of carbonyl (C=O) groups excluding carboxylic acids is 1. The lowest BCUT2D eigenvalue weighted by atomic mass is 9.91. The van der Waals surface area contributed by atoms with Crippen LogP contribution in [0.15, 0.2) is 108 Å². The van der Waals surface area contributed by atoms with Crippen LogP contribution in [0, 0.1) is 12.8 Å². The number of aliphatic hydroxyl groups is 2. The van der Waals surface area contributed by atoms with E-state index in [9.17, 15) is 23.4 Å². The van der Waals surface area contributed by atoms with Gasteiger partial charge >= 0.3 is 0 Å². The van der Waals surface area contributed by atoms with Gasteiger partial charge in [0.25, 0.3) is 0 Å². The highest BCUT2D eigenvalue weighted by Gasteiger charge is 2.38. The molecule has 0 aromatic heterocycles. The summed E-state index contributed by atoms with van der Waals surface area (Å²) >= 11 is 1.62. The molecular weight excluding hydrogens is 649 g/mol. The molecule has 5 atom stereocenters. The van der Waals surface area contributed by atoms with Crippen LogP contribution < -0.4 is 10.0 Å².